The number of ketones is 1. The van der Waals surface area contributed by atoms with Gasteiger partial charge in [-0.05, 0) is 19.9 Å². The lowest BCUT2D eigenvalue weighted by Gasteiger charge is -1.97. The van der Waals surface area contributed by atoms with E-state index in [1.807, 2.05) is 0 Å². The van der Waals surface area contributed by atoms with E-state index in [0.29, 0.717) is 22.2 Å². The third kappa shape index (κ3) is 1.39. The van der Waals surface area contributed by atoms with Gasteiger partial charge in [0.15, 0.2) is 5.78 Å². The number of aryl methyl sites for hydroxylation is 1. The molecule has 0 saturated carbocycles. The quantitative estimate of drug-likeness (QED) is 0.758. The van der Waals surface area contributed by atoms with Gasteiger partial charge in [-0.2, -0.15) is 0 Å². The Morgan fingerprint density at radius 3 is 2.56 bits per heavy atom. The zero-order valence-electron chi connectivity index (χ0n) is 9.00. The molecule has 0 radical (unpaired) electrons. The van der Waals surface area contributed by atoms with Crippen LogP contribution in [0.5, 0.6) is 0 Å². The van der Waals surface area contributed by atoms with Gasteiger partial charge in [-0.25, -0.2) is 4.79 Å². The first-order valence-electron chi connectivity index (χ1n) is 4.88. The van der Waals surface area contributed by atoms with Crippen molar-refractivity contribution < 1.29 is 14.7 Å². The molecule has 1 aromatic heterocycles. The number of para-hydroxylation sites is 1. The van der Waals surface area contributed by atoms with Crippen LogP contribution in [-0.4, -0.2) is 21.8 Å². The summed E-state index contributed by atoms with van der Waals surface area (Å²) in [6.07, 6.45) is 0. The standard InChI is InChI=1S/C12H11NO3/c1-6-10(7(2)14)8-4-3-5-9(12(15)16)11(8)13-6/h3-5,13H,1-2H3,(H,15,16). The molecule has 0 fully saturated rings. The number of fused-ring (bicyclic) bond motifs is 1. The van der Waals surface area contributed by atoms with Crippen LogP contribution in [0.4, 0.5) is 0 Å². The highest BCUT2D eigenvalue weighted by Gasteiger charge is 2.16. The van der Waals surface area contributed by atoms with Crippen molar-refractivity contribution in [1.29, 1.82) is 0 Å². The van der Waals surface area contributed by atoms with E-state index in [-0.39, 0.29) is 11.3 Å². The molecular weight excluding hydrogens is 206 g/mol. The second-order valence-corrected chi connectivity index (χ2v) is 3.71. The van der Waals surface area contributed by atoms with Gasteiger partial charge < -0.3 is 10.1 Å². The summed E-state index contributed by atoms with van der Waals surface area (Å²) >= 11 is 0. The second-order valence-electron chi connectivity index (χ2n) is 3.71. The highest BCUT2D eigenvalue weighted by atomic mass is 16.4. The first kappa shape index (κ1) is 10.4. The predicted octanol–water partition coefficient (Wildman–Crippen LogP) is 2.38. The van der Waals surface area contributed by atoms with Crippen LogP contribution in [0.2, 0.25) is 0 Å². The number of benzene rings is 1. The highest BCUT2D eigenvalue weighted by Crippen LogP contribution is 2.25. The van der Waals surface area contributed by atoms with Gasteiger partial charge in [0.05, 0.1) is 11.1 Å². The molecule has 2 rings (SSSR count). The molecule has 2 N–H and O–H groups in total. The van der Waals surface area contributed by atoms with E-state index in [1.54, 1.807) is 19.1 Å². The molecule has 0 aliphatic heterocycles. The van der Waals surface area contributed by atoms with Crippen molar-refractivity contribution in [2.45, 2.75) is 13.8 Å². The van der Waals surface area contributed by atoms with Crippen molar-refractivity contribution in [1.82, 2.24) is 4.98 Å². The summed E-state index contributed by atoms with van der Waals surface area (Å²) in [5, 5.41) is 9.69. The first-order chi connectivity index (χ1) is 7.52. The van der Waals surface area contributed by atoms with Gasteiger partial charge in [0.25, 0.3) is 0 Å². The topological polar surface area (TPSA) is 70.2 Å². The number of carboxylic acid groups (broad SMARTS) is 1. The maximum absolute atomic E-state index is 11.5. The average Bonchev–Trinajstić information content (AvgIpc) is 2.52. The molecule has 2 aromatic rings. The van der Waals surface area contributed by atoms with E-state index in [4.69, 9.17) is 5.11 Å². The number of aromatic amines is 1. The summed E-state index contributed by atoms with van der Waals surface area (Å²) in [6.45, 7) is 3.24. The lowest BCUT2D eigenvalue weighted by Crippen LogP contribution is -1.97. The van der Waals surface area contributed by atoms with E-state index < -0.39 is 5.97 Å². The minimum atomic E-state index is -0.998. The number of aromatic nitrogens is 1. The number of carboxylic acids is 1. The van der Waals surface area contributed by atoms with Crippen molar-refractivity contribution in [3.63, 3.8) is 0 Å². The number of aromatic carboxylic acids is 1. The van der Waals surface area contributed by atoms with Crippen molar-refractivity contribution in [3.8, 4) is 0 Å². The third-order valence-corrected chi connectivity index (χ3v) is 2.60. The van der Waals surface area contributed by atoms with Crippen LogP contribution >= 0.6 is 0 Å². The van der Waals surface area contributed by atoms with E-state index in [9.17, 15) is 9.59 Å². The molecule has 0 amide bonds. The number of hydrogen-bond acceptors (Lipinski definition) is 2. The number of carbonyl (C=O) groups excluding carboxylic acids is 1. The van der Waals surface area contributed by atoms with Crippen LogP contribution in [-0.2, 0) is 0 Å². The number of rotatable bonds is 2. The Hall–Kier alpha value is -2.10. The lowest BCUT2D eigenvalue weighted by atomic mass is 10.1. The molecule has 4 nitrogen and oxygen atoms in total. The van der Waals surface area contributed by atoms with Crippen molar-refractivity contribution in [3.05, 3.63) is 35.0 Å². The van der Waals surface area contributed by atoms with Crippen LogP contribution in [0.1, 0.15) is 33.3 Å². The van der Waals surface area contributed by atoms with Gasteiger partial charge in [0.1, 0.15) is 0 Å². The van der Waals surface area contributed by atoms with Crippen molar-refractivity contribution in [2.24, 2.45) is 0 Å². The first-order valence-corrected chi connectivity index (χ1v) is 4.88. The fourth-order valence-corrected chi connectivity index (χ4v) is 1.98. The zero-order chi connectivity index (χ0) is 11.9. The summed E-state index contributed by atoms with van der Waals surface area (Å²) in [6, 6.07) is 4.91. The Balaban J connectivity index is 2.88. The molecule has 0 spiro atoms. The Morgan fingerprint density at radius 2 is 2.00 bits per heavy atom. The van der Waals surface area contributed by atoms with E-state index >= 15 is 0 Å². The van der Waals surface area contributed by atoms with Crippen molar-refractivity contribution >= 4 is 22.7 Å². The van der Waals surface area contributed by atoms with Gasteiger partial charge >= 0.3 is 5.97 Å². The summed E-state index contributed by atoms with van der Waals surface area (Å²) in [5.74, 6) is -1.06. The third-order valence-electron chi connectivity index (χ3n) is 2.60. The fraction of sp³-hybridized carbons (Fsp3) is 0.167. The van der Waals surface area contributed by atoms with E-state index in [0.717, 1.165) is 0 Å². The number of Topliss-reactive ketones (excluding diaryl/α,β-unsaturated/α-hetero) is 1. The van der Waals surface area contributed by atoms with E-state index in [2.05, 4.69) is 4.98 Å². The molecule has 0 saturated heterocycles. The highest BCUT2D eigenvalue weighted by molar-refractivity contribution is 6.12. The molecular formula is C12H11NO3. The lowest BCUT2D eigenvalue weighted by molar-refractivity contribution is 0.0698. The molecule has 0 aliphatic carbocycles. The number of carbonyl (C=O) groups is 2. The predicted molar refractivity (Wildman–Crippen MR) is 60.0 cm³/mol. The Morgan fingerprint density at radius 1 is 1.31 bits per heavy atom. The average molecular weight is 217 g/mol. The molecule has 0 atom stereocenters. The van der Waals surface area contributed by atoms with Gasteiger partial charge in [0, 0.05) is 16.6 Å². The van der Waals surface area contributed by atoms with Crippen LogP contribution in [0.3, 0.4) is 0 Å². The SMILES string of the molecule is CC(=O)c1c(C)[nH]c2c(C(=O)O)cccc12. The molecule has 0 aliphatic rings. The maximum atomic E-state index is 11.5. The zero-order valence-corrected chi connectivity index (χ0v) is 9.00. The monoisotopic (exact) mass is 217 g/mol. The maximum Gasteiger partial charge on any atom is 0.337 e. The van der Waals surface area contributed by atoms with E-state index in [1.165, 1.54) is 13.0 Å². The minimum Gasteiger partial charge on any atom is -0.478 e. The second kappa shape index (κ2) is 3.48. The smallest absolute Gasteiger partial charge is 0.337 e. The number of hydrogen-bond donors (Lipinski definition) is 2. The molecule has 0 unspecified atom stereocenters. The molecule has 4 heteroatoms. The minimum absolute atomic E-state index is 0.0636. The number of H-pyrrole nitrogens is 1. The van der Waals surface area contributed by atoms with Gasteiger partial charge in [-0.3, -0.25) is 4.79 Å². The van der Waals surface area contributed by atoms with Gasteiger partial charge in [-0.15, -0.1) is 0 Å². The van der Waals surface area contributed by atoms with Crippen LogP contribution in [0.25, 0.3) is 10.9 Å². The molecule has 1 heterocycles. The summed E-state index contributed by atoms with van der Waals surface area (Å²) < 4.78 is 0. The number of nitrogens with one attached hydrogen (secondary N) is 1. The molecule has 82 valence electrons. The summed E-state index contributed by atoms with van der Waals surface area (Å²) in [7, 11) is 0. The summed E-state index contributed by atoms with van der Waals surface area (Å²) in [5.41, 5.74) is 1.97. The van der Waals surface area contributed by atoms with Crippen molar-refractivity contribution in [2.75, 3.05) is 0 Å². The van der Waals surface area contributed by atoms with Gasteiger partial charge in [-0.1, -0.05) is 12.1 Å². The van der Waals surface area contributed by atoms with Crippen LogP contribution in [0, 0.1) is 6.92 Å². The van der Waals surface area contributed by atoms with Gasteiger partial charge in [0.2, 0.25) is 0 Å². The fourth-order valence-electron chi connectivity index (χ4n) is 1.98. The van der Waals surface area contributed by atoms with Crippen LogP contribution in [0.15, 0.2) is 18.2 Å². The van der Waals surface area contributed by atoms with Crippen LogP contribution < -0.4 is 0 Å². The molecule has 16 heavy (non-hydrogen) atoms. The largest absolute Gasteiger partial charge is 0.478 e. The summed E-state index contributed by atoms with van der Waals surface area (Å²) in [4.78, 5) is 25.4. The Labute approximate surface area is 91.9 Å². The Bertz CT molecular complexity index is 596. The molecule has 0 bridgehead atoms. The molecule has 1 aromatic carbocycles. The normalized spacial score (nSPS) is 10.6. The Kier molecular flexibility index (Phi) is 2.27.